The topological polar surface area (TPSA) is 29.3 Å². The second-order valence-corrected chi connectivity index (χ2v) is 4.46. The van der Waals surface area contributed by atoms with Gasteiger partial charge in [-0.1, -0.05) is 30.3 Å². The first kappa shape index (κ1) is 10.7. The van der Waals surface area contributed by atoms with Crippen LogP contribution in [0.5, 0.6) is 0 Å². The highest BCUT2D eigenvalue weighted by Gasteiger charge is 2.21. The fourth-order valence-corrected chi connectivity index (χ4v) is 2.37. The van der Waals surface area contributed by atoms with Crippen LogP contribution in [0.1, 0.15) is 31.2 Å². The van der Waals surface area contributed by atoms with Crippen molar-refractivity contribution in [2.75, 3.05) is 13.1 Å². The molecule has 0 saturated carbocycles. The van der Waals surface area contributed by atoms with Gasteiger partial charge in [0.25, 0.3) is 0 Å². The Kier molecular flexibility index (Phi) is 3.39. The van der Waals surface area contributed by atoms with Gasteiger partial charge >= 0.3 is 0 Å². The van der Waals surface area contributed by atoms with Crippen molar-refractivity contribution in [3.63, 3.8) is 0 Å². The van der Waals surface area contributed by atoms with Crippen molar-refractivity contribution >= 4 is 0 Å². The van der Waals surface area contributed by atoms with Gasteiger partial charge in [-0.15, -0.1) is 0 Å². The van der Waals surface area contributed by atoms with E-state index in [2.05, 4.69) is 42.2 Å². The Morgan fingerprint density at radius 2 is 1.80 bits per heavy atom. The van der Waals surface area contributed by atoms with Crippen molar-refractivity contribution in [3.8, 4) is 0 Å². The minimum Gasteiger partial charge on any atom is -0.316 e. The van der Waals surface area contributed by atoms with E-state index in [1.54, 1.807) is 0 Å². The first-order valence-corrected chi connectivity index (χ1v) is 5.82. The van der Waals surface area contributed by atoms with Gasteiger partial charge < -0.3 is 5.73 Å². The lowest BCUT2D eigenvalue weighted by Crippen LogP contribution is -2.44. The highest BCUT2D eigenvalue weighted by Crippen LogP contribution is 2.27. The van der Waals surface area contributed by atoms with E-state index in [0.29, 0.717) is 0 Å². The van der Waals surface area contributed by atoms with Gasteiger partial charge in [0.2, 0.25) is 0 Å². The molecule has 2 nitrogen and oxygen atoms in total. The standard InChI is InChI=1S/C13H20N2/c1-11(14)15-9-7-13(8-10-15)12-5-3-2-4-6-12/h2-6,11,13H,7-10,14H2,1H3. The number of nitrogens with two attached hydrogens (primary N) is 1. The van der Waals surface area contributed by atoms with E-state index in [9.17, 15) is 0 Å². The number of benzene rings is 1. The minimum absolute atomic E-state index is 0.210. The summed E-state index contributed by atoms with van der Waals surface area (Å²) in [6.45, 7) is 4.34. The van der Waals surface area contributed by atoms with E-state index < -0.39 is 0 Å². The van der Waals surface area contributed by atoms with E-state index in [4.69, 9.17) is 5.73 Å². The van der Waals surface area contributed by atoms with Crippen molar-refractivity contribution in [2.24, 2.45) is 5.73 Å². The van der Waals surface area contributed by atoms with E-state index >= 15 is 0 Å². The third-order valence-corrected chi connectivity index (χ3v) is 3.38. The molecule has 1 aliphatic heterocycles. The monoisotopic (exact) mass is 204 g/mol. The predicted molar refractivity (Wildman–Crippen MR) is 63.6 cm³/mol. The Balaban J connectivity index is 1.94. The molecule has 82 valence electrons. The summed E-state index contributed by atoms with van der Waals surface area (Å²) < 4.78 is 0. The Bertz CT molecular complexity index is 287. The van der Waals surface area contributed by atoms with Crippen LogP contribution in [0.25, 0.3) is 0 Å². The van der Waals surface area contributed by atoms with E-state index in [1.165, 1.54) is 18.4 Å². The maximum atomic E-state index is 5.88. The second-order valence-electron chi connectivity index (χ2n) is 4.46. The molecule has 0 aliphatic carbocycles. The quantitative estimate of drug-likeness (QED) is 0.800. The third-order valence-electron chi connectivity index (χ3n) is 3.38. The Labute approximate surface area is 92.1 Å². The third kappa shape index (κ3) is 2.58. The van der Waals surface area contributed by atoms with Gasteiger partial charge in [0, 0.05) is 13.1 Å². The summed E-state index contributed by atoms with van der Waals surface area (Å²) in [5.41, 5.74) is 7.36. The summed E-state index contributed by atoms with van der Waals surface area (Å²) in [4.78, 5) is 2.36. The second kappa shape index (κ2) is 4.77. The summed E-state index contributed by atoms with van der Waals surface area (Å²) in [6.07, 6.45) is 2.69. The molecule has 1 unspecified atom stereocenters. The highest BCUT2D eigenvalue weighted by atomic mass is 15.2. The summed E-state index contributed by atoms with van der Waals surface area (Å²) in [7, 11) is 0. The molecule has 1 aromatic rings. The lowest BCUT2D eigenvalue weighted by Gasteiger charge is -2.34. The predicted octanol–water partition coefficient (Wildman–Crippen LogP) is 2.17. The fourth-order valence-electron chi connectivity index (χ4n) is 2.37. The number of hydrogen-bond acceptors (Lipinski definition) is 2. The molecule has 1 aliphatic rings. The fraction of sp³-hybridized carbons (Fsp3) is 0.538. The van der Waals surface area contributed by atoms with Gasteiger partial charge in [-0.25, -0.2) is 0 Å². The molecule has 1 fully saturated rings. The van der Waals surface area contributed by atoms with Gasteiger partial charge in [0.05, 0.1) is 6.17 Å². The number of piperidine rings is 1. The molecule has 1 heterocycles. The normalized spacial score (nSPS) is 21.5. The van der Waals surface area contributed by atoms with Crippen molar-refractivity contribution in [3.05, 3.63) is 35.9 Å². The maximum absolute atomic E-state index is 5.88. The lowest BCUT2D eigenvalue weighted by atomic mass is 9.89. The molecule has 2 rings (SSSR count). The lowest BCUT2D eigenvalue weighted by molar-refractivity contribution is 0.165. The van der Waals surface area contributed by atoms with E-state index in [1.807, 2.05) is 0 Å². The molecule has 1 aromatic carbocycles. The van der Waals surface area contributed by atoms with Crippen LogP contribution in [-0.4, -0.2) is 24.2 Å². The average molecular weight is 204 g/mol. The van der Waals surface area contributed by atoms with Crippen LogP contribution in [0, 0.1) is 0 Å². The molecule has 0 radical (unpaired) electrons. The number of rotatable bonds is 2. The Morgan fingerprint density at radius 1 is 1.20 bits per heavy atom. The number of nitrogens with zero attached hydrogens (tertiary/aromatic N) is 1. The molecule has 1 atom stereocenters. The van der Waals surface area contributed by atoms with E-state index in [0.717, 1.165) is 19.0 Å². The average Bonchev–Trinajstić information content (AvgIpc) is 2.30. The molecule has 1 saturated heterocycles. The Hall–Kier alpha value is -0.860. The zero-order valence-corrected chi connectivity index (χ0v) is 9.39. The molecule has 0 aromatic heterocycles. The van der Waals surface area contributed by atoms with Crippen LogP contribution in [0.3, 0.4) is 0 Å². The summed E-state index contributed by atoms with van der Waals surface area (Å²) in [6, 6.07) is 10.8. The first-order chi connectivity index (χ1) is 7.27. The number of likely N-dealkylation sites (tertiary alicyclic amines) is 1. The molecule has 0 amide bonds. The molecule has 2 N–H and O–H groups in total. The smallest absolute Gasteiger partial charge is 0.0542 e. The van der Waals surface area contributed by atoms with Gasteiger partial charge in [-0.3, -0.25) is 4.90 Å². The molecular weight excluding hydrogens is 184 g/mol. The van der Waals surface area contributed by atoms with Gasteiger partial charge in [0.1, 0.15) is 0 Å². The van der Waals surface area contributed by atoms with Crippen LogP contribution >= 0.6 is 0 Å². The van der Waals surface area contributed by atoms with E-state index in [-0.39, 0.29) is 6.17 Å². The first-order valence-electron chi connectivity index (χ1n) is 5.82. The molecule has 2 heteroatoms. The molecular formula is C13H20N2. The van der Waals surface area contributed by atoms with Crippen molar-refractivity contribution in [1.29, 1.82) is 0 Å². The summed E-state index contributed by atoms with van der Waals surface area (Å²) >= 11 is 0. The zero-order chi connectivity index (χ0) is 10.7. The minimum atomic E-state index is 0.210. The largest absolute Gasteiger partial charge is 0.316 e. The van der Waals surface area contributed by atoms with Crippen LogP contribution in [0.4, 0.5) is 0 Å². The zero-order valence-electron chi connectivity index (χ0n) is 9.39. The van der Waals surface area contributed by atoms with Crippen molar-refractivity contribution < 1.29 is 0 Å². The van der Waals surface area contributed by atoms with Crippen LogP contribution in [0.15, 0.2) is 30.3 Å². The summed E-state index contributed by atoms with van der Waals surface area (Å²) in [5, 5.41) is 0. The van der Waals surface area contributed by atoms with Crippen molar-refractivity contribution in [2.45, 2.75) is 31.8 Å². The molecule has 0 spiro atoms. The van der Waals surface area contributed by atoms with Gasteiger partial charge in [-0.05, 0) is 31.2 Å². The summed E-state index contributed by atoms with van der Waals surface area (Å²) in [5.74, 6) is 0.737. The Morgan fingerprint density at radius 3 is 2.33 bits per heavy atom. The SMILES string of the molecule is CC(N)N1CCC(c2ccccc2)CC1. The highest BCUT2D eigenvalue weighted by molar-refractivity contribution is 5.19. The van der Waals surface area contributed by atoms with Gasteiger partial charge in [-0.2, -0.15) is 0 Å². The van der Waals surface area contributed by atoms with Crippen LogP contribution in [0.2, 0.25) is 0 Å². The van der Waals surface area contributed by atoms with Gasteiger partial charge in [0.15, 0.2) is 0 Å². The maximum Gasteiger partial charge on any atom is 0.0542 e. The number of hydrogen-bond donors (Lipinski definition) is 1. The molecule has 0 bridgehead atoms. The van der Waals surface area contributed by atoms with Crippen LogP contribution < -0.4 is 5.73 Å². The molecule has 15 heavy (non-hydrogen) atoms. The van der Waals surface area contributed by atoms with Crippen LogP contribution in [-0.2, 0) is 0 Å². The van der Waals surface area contributed by atoms with Crippen molar-refractivity contribution in [1.82, 2.24) is 4.90 Å².